The summed E-state index contributed by atoms with van der Waals surface area (Å²) in [6.45, 7) is 13.3. The molecule has 0 aromatic carbocycles. The van der Waals surface area contributed by atoms with Gasteiger partial charge in [0.1, 0.15) is 5.92 Å². The maximum Gasteiger partial charge on any atom is 0.319 e. The Morgan fingerprint density at radius 1 is 1.19 bits per heavy atom. The quantitative estimate of drug-likeness (QED) is 0.510. The second-order valence-electron chi connectivity index (χ2n) is 6.72. The summed E-state index contributed by atoms with van der Waals surface area (Å²) in [5.74, 6) is -1.07. The Kier molecular flexibility index (Phi) is 8.55. The highest BCUT2D eigenvalue weighted by atomic mass is 16.5. The van der Waals surface area contributed by atoms with E-state index in [2.05, 4.69) is 0 Å². The summed E-state index contributed by atoms with van der Waals surface area (Å²) in [7, 11) is 1.60. The number of hydrogen-bond donors (Lipinski definition) is 0. The van der Waals surface area contributed by atoms with E-state index in [1.54, 1.807) is 18.9 Å². The molecule has 0 radical (unpaired) electrons. The number of carbonyl (C=O) groups excluding carboxylic acids is 2. The van der Waals surface area contributed by atoms with Crippen molar-refractivity contribution in [2.75, 3.05) is 33.4 Å². The molecule has 0 aliphatic carbocycles. The zero-order valence-corrected chi connectivity index (χ0v) is 14.6. The molecular weight excluding hydrogens is 270 g/mol. The summed E-state index contributed by atoms with van der Waals surface area (Å²) >= 11 is 0. The van der Waals surface area contributed by atoms with Crippen LogP contribution in [0.5, 0.6) is 0 Å². The van der Waals surface area contributed by atoms with Crippen LogP contribution in [-0.4, -0.2) is 50.2 Å². The van der Waals surface area contributed by atoms with Gasteiger partial charge in [-0.1, -0.05) is 34.6 Å². The largest absolute Gasteiger partial charge is 0.465 e. The zero-order valence-electron chi connectivity index (χ0n) is 14.6. The fourth-order valence-electron chi connectivity index (χ4n) is 2.17. The third kappa shape index (κ3) is 6.93. The second-order valence-corrected chi connectivity index (χ2v) is 6.72. The lowest BCUT2D eigenvalue weighted by Crippen LogP contribution is -2.48. The van der Waals surface area contributed by atoms with Crippen LogP contribution in [0.1, 0.15) is 41.5 Å². The van der Waals surface area contributed by atoms with Gasteiger partial charge in [0.05, 0.1) is 13.2 Å². The molecule has 0 aromatic rings. The van der Waals surface area contributed by atoms with Crippen LogP contribution < -0.4 is 0 Å². The predicted octanol–water partition coefficient (Wildman–Crippen LogP) is 2.34. The molecule has 0 heterocycles. The van der Waals surface area contributed by atoms with Gasteiger partial charge in [0.2, 0.25) is 5.91 Å². The molecule has 0 saturated carbocycles. The summed E-state index contributed by atoms with van der Waals surface area (Å²) in [5.41, 5.74) is -0.481. The van der Waals surface area contributed by atoms with Crippen LogP contribution in [0.3, 0.4) is 0 Å². The number of rotatable bonds is 8. The molecule has 1 unspecified atom stereocenters. The van der Waals surface area contributed by atoms with Gasteiger partial charge in [-0.2, -0.15) is 0 Å². The number of esters is 1. The van der Waals surface area contributed by atoms with Gasteiger partial charge in [0.25, 0.3) is 0 Å². The van der Waals surface area contributed by atoms with E-state index in [9.17, 15) is 9.59 Å². The van der Waals surface area contributed by atoms with Crippen LogP contribution in [0.15, 0.2) is 0 Å². The maximum atomic E-state index is 12.8. The van der Waals surface area contributed by atoms with Crippen LogP contribution in [0.2, 0.25) is 0 Å². The lowest BCUT2D eigenvalue weighted by atomic mass is 9.79. The minimum Gasteiger partial charge on any atom is -0.465 e. The fraction of sp³-hybridized carbons (Fsp3) is 0.875. The van der Waals surface area contributed by atoms with E-state index in [-0.39, 0.29) is 12.5 Å². The standard InChI is InChI=1S/C16H31NO4/c1-8-21-15(19)13(16(4,5)6)14(18)17(9-10-20-7)11-12(2)3/h12-13H,8-11H2,1-7H3. The van der Waals surface area contributed by atoms with Gasteiger partial charge >= 0.3 is 5.97 Å². The van der Waals surface area contributed by atoms with E-state index in [1.807, 2.05) is 34.6 Å². The first-order valence-electron chi connectivity index (χ1n) is 7.59. The van der Waals surface area contributed by atoms with Gasteiger partial charge in [-0.3, -0.25) is 9.59 Å². The zero-order chi connectivity index (χ0) is 16.6. The molecule has 1 amide bonds. The van der Waals surface area contributed by atoms with Gasteiger partial charge in [0, 0.05) is 20.2 Å². The number of ether oxygens (including phenoxy) is 2. The van der Waals surface area contributed by atoms with Gasteiger partial charge in [-0.25, -0.2) is 0 Å². The smallest absolute Gasteiger partial charge is 0.319 e. The Hall–Kier alpha value is -1.10. The lowest BCUT2D eigenvalue weighted by Gasteiger charge is -2.33. The lowest BCUT2D eigenvalue weighted by molar-refractivity contribution is -0.161. The molecule has 0 saturated heterocycles. The Morgan fingerprint density at radius 2 is 1.76 bits per heavy atom. The molecule has 0 aliphatic heterocycles. The van der Waals surface area contributed by atoms with Crippen molar-refractivity contribution in [2.24, 2.45) is 17.3 Å². The molecule has 1 atom stereocenters. The highest BCUT2D eigenvalue weighted by Crippen LogP contribution is 2.29. The van der Waals surface area contributed by atoms with Crippen LogP contribution >= 0.6 is 0 Å². The highest BCUT2D eigenvalue weighted by Gasteiger charge is 2.41. The molecular formula is C16H31NO4. The maximum absolute atomic E-state index is 12.8. The monoisotopic (exact) mass is 301 g/mol. The van der Waals surface area contributed by atoms with E-state index >= 15 is 0 Å². The molecule has 124 valence electrons. The first kappa shape index (κ1) is 19.9. The van der Waals surface area contributed by atoms with E-state index in [1.165, 1.54) is 0 Å². The molecule has 0 fully saturated rings. The van der Waals surface area contributed by atoms with Gasteiger partial charge in [-0.05, 0) is 18.3 Å². The topological polar surface area (TPSA) is 55.8 Å². The minimum atomic E-state index is -0.784. The van der Waals surface area contributed by atoms with Crippen LogP contribution in [0.25, 0.3) is 0 Å². The summed E-state index contributed by atoms with van der Waals surface area (Å²) in [6, 6.07) is 0. The van der Waals surface area contributed by atoms with Crippen molar-refractivity contribution in [1.82, 2.24) is 4.90 Å². The number of nitrogens with zero attached hydrogens (tertiary/aromatic N) is 1. The average Bonchev–Trinajstić information content (AvgIpc) is 2.32. The molecule has 0 aliphatic rings. The Labute approximate surface area is 129 Å². The number of amides is 1. The number of hydrogen-bond acceptors (Lipinski definition) is 4. The third-order valence-corrected chi connectivity index (χ3v) is 3.10. The normalized spacial score (nSPS) is 13.1. The molecule has 0 aromatic heterocycles. The van der Waals surface area contributed by atoms with Gasteiger partial charge in [-0.15, -0.1) is 0 Å². The molecule has 0 bridgehead atoms. The van der Waals surface area contributed by atoms with E-state index in [4.69, 9.17) is 9.47 Å². The first-order valence-corrected chi connectivity index (χ1v) is 7.59. The molecule has 0 rings (SSSR count). The van der Waals surface area contributed by atoms with Crippen molar-refractivity contribution in [3.8, 4) is 0 Å². The summed E-state index contributed by atoms with van der Waals surface area (Å²) in [4.78, 5) is 26.7. The molecule has 0 N–H and O–H groups in total. The Balaban J connectivity index is 5.23. The van der Waals surface area contributed by atoms with Crippen molar-refractivity contribution in [3.05, 3.63) is 0 Å². The number of carbonyl (C=O) groups is 2. The molecule has 5 nitrogen and oxygen atoms in total. The van der Waals surface area contributed by atoms with Crippen molar-refractivity contribution in [2.45, 2.75) is 41.5 Å². The molecule has 5 heteroatoms. The van der Waals surface area contributed by atoms with E-state index in [0.29, 0.717) is 25.6 Å². The first-order chi connectivity index (χ1) is 9.65. The minimum absolute atomic E-state index is 0.174. The number of methoxy groups -OCH3 is 1. The fourth-order valence-corrected chi connectivity index (χ4v) is 2.17. The van der Waals surface area contributed by atoms with Crippen molar-refractivity contribution < 1.29 is 19.1 Å². The van der Waals surface area contributed by atoms with E-state index in [0.717, 1.165) is 0 Å². The van der Waals surface area contributed by atoms with Crippen molar-refractivity contribution in [3.63, 3.8) is 0 Å². The van der Waals surface area contributed by atoms with Gasteiger partial charge < -0.3 is 14.4 Å². The summed E-state index contributed by atoms with van der Waals surface area (Å²) < 4.78 is 10.2. The van der Waals surface area contributed by atoms with E-state index < -0.39 is 17.3 Å². The average molecular weight is 301 g/mol. The molecule has 21 heavy (non-hydrogen) atoms. The van der Waals surface area contributed by atoms with Crippen LogP contribution in [-0.2, 0) is 19.1 Å². The highest BCUT2D eigenvalue weighted by molar-refractivity contribution is 5.98. The third-order valence-electron chi connectivity index (χ3n) is 3.10. The summed E-state index contributed by atoms with van der Waals surface area (Å²) in [5, 5.41) is 0. The van der Waals surface area contributed by atoms with Crippen LogP contribution in [0.4, 0.5) is 0 Å². The van der Waals surface area contributed by atoms with Crippen LogP contribution in [0, 0.1) is 17.3 Å². The summed E-state index contributed by atoms with van der Waals surface area (Å²) in [6.07, 6.45) is 0. The SMILES string of the molecule is CCOC(=O)C(C(=O)N(CCOC)CC(C)C)C(C)(C)C. The van der Waals surface area contributed by atoms with Gasteiger partial charge in [0.15, 0.2) is 0 Å². The molecule has 0 spiro atoms. The predicted molar refractivity (Wildman–Crippen MR) is 82.9 cm³/mol. The second kappa shape index (κ2) is 9.03. The Bertz CT molecular complexity index is 334. The van der Waals surface area contributed by atoms with Crippen molar-refractivity contribution >= 4 is 11.9 Å². The Morgan fingerprint density at radius 3 is 2.14 bits per heavy atom. The van der Waals surface area contributed by atoms with Crippen molar-refractivity contribution in [1.29, 1.82) is 0 Å².